The number of aromatic hydroxyl groups is 1. The van der Waals surface area contributed by atoms with Crippen LogP contribution in [0.15, 0.2) is 12.1 Å². The van der Waals surface area contributed by atoms with Crippen molar-refractivity contribution in [3.63, 3.8) is 0 Å². The Morgan fingerprint density at radius 3 is 2.28 bits per heavy atom. The first-order valence-electron chi connectivity index (χ1n) is 10.3. The highest BCUT2D eigenvalue weighted by Gasteiger charge is 2.27. The van der Waals surface area contributed by atoms with E-state index in [-0.39, 0.29) is 39.7 Å². The molecule has 29 heavy (non-hydrogen) atoms. The van der Waals surface area contributed by atoms with Crippen molar-refractivity contribution in [3.8, 4) is 5.75 Å². The molecule has 0 heterocycles. The van der Waals surface area contributed by atoms with Crippen LogP contribution >= 0.6 is 11.6 Å². The molecule has 162 valence electrons. The Hall–Kier alpha value is -1.95. The van der Waals surface area contributed by atoms with E-state index in [4.69, 9.17) is 11.6 Å². The normalized spacial score (nSPS) is 15.7. The maximum Gasteiger partial charge on any atom is 0.319 e. The minimum atomic E-state index is -0.402. The van der Waals surface area contributed by atoms with Gasteiger partial charge in [-0.2, -0.15) is 0 Å². The number of anilines is 2. The minimum Gasteiger partial charge on any atom is -0.504 e. The molecule has 1 saturated carbocycles. The van der Waals surface area contributed by atoms with Gasteiger partial charge in [-0.1, -0.05) is 51.6 Å². The van der Waals surface area contributed by atoms with Crippen LogP contribution in [0.5, 0.6) is 5.75 Å². The van der Waals surface area contributed by atoms with Crippen LogP contribution in [-0.2, 0) is 4.79 Å². The van der Waals surface area contributed by atoms with Crippen LogP contribution in [-0.4, -0.2) is 22.6 Å². The number of phenols is 1. The summed E-state index contributed by atoms with van der Waals surface area (Å²) < 4.78 is 0. The molecule has 1 fully saturated rings. The van der Waals surface area contributed by atoms with Crippen molar-refractivity contribution in [2.24, 2.45) is 11.3 Å². The molecule has 0 radical (unpaired) electrons. The Kier molecular flexibility index (Phi) is 7.44. The second-order valence-electron chi connectivity index (χ2n) is 9.88. The highest BCUT2D eigenvalue weighted by atomic mass is 35.5. The molecule has 1 aromatic rings. The van der Waals surface area contributed by atoms with Gasteiger partial charge < -0.3 is 21.1 Å². The number of carbonyl (C=O) groups excluding carboxylic acids is 2. The van der Waals surface area contributed by atoms with Gasteiger partial charge in [0, 0.05) is 17.1 Å². The van der Waals surface area contributed by atoms with Crippen LogP contribution in [0.3, 0.4) is 0 Å². The maximum atomic E-state index is 12.5. The maximum absolute atomic E-state index is 12.5. The lowest BCUT2D eigenvalue weighted by molar-refractivity contribution is -0.120. The van der Waals surface area contributed by atoms with Crippen molar-refractivity contribution in [1.82, 2.24) is 5.32 Å². The van der Waals surface area contributed by atoms with Gasteiger partial charge in [0.25, 0.3) is 0 Å². The second-order valence-corrected chi connectivity index (χ2v) is 10.3. The van der Waals surface area contributed by atoms with E-state index in [9.17, 15) is 14.7 Å². The quantitative estimate of drug-likeness (QED) is 0.351. The second kappa shape index (κ2) is 9.24. The third-order valence-electron chi connectivity index (χ3n) is 4.98. The molecule has 4 N–H and O–H groups in total. The van der Waals surface area contributed by atoms with Gasteiger partial charge in [-0.05, 0) is 50.7 Å². The fraction of sp³-hybridized carbons (Fsp3) is 0.636. The Labute approximate surface area is 178 Å². The predicted molar refractivity (Wildman–Crippen MR) is 119 cm³/mol. The summed E-state index contributed by atoms with van der Waals surface area (Å²) in [7, 11) is 0. The molecule has 0 atom stereocenters. The van der Waals surface area contributed by atoms with Crippen molar-refractivity contribution in [2.45, 2.75) is 78.7 Å². The summed E-state index contributed by atoms with van der Waals surface area (Å²) in [4.78, 5) is 25.0. The number of hydrogen-bond donors (Lipinski definition) is 4. The molecule has 6 nitrogen and oxygen atoms in total. The predicted octanol–water partition coefficient (Wildman–Crippen LogP) is 5.90. The van der Waals surface area contributed by atoms with Crippen LogP contribution in [0.25, 0.3) is 0 Å². The first kappa shape index (κ1) is 23.3. The number of nitrogens with one attached hydrogen (secondary N) is 3. The minimum absolute atomic E-state index is 0.0555. The van der Waals surface area contributed by atoms with Crippen molar-refractivity contribution in [1.29, 1.82) is 0 Å². The summed E-state index contributed by atoms with van der Waals surface area (Å²) in [5.74, 6) is -0.376. The molecule has 3 amide bonds. The molecular formula is C22H34ClN3O3. The molecule has 2 rings (SSSR count). The SMILES string of the molecule is CC(C)(C)CC(C)(C)NC(=O)Nc1cc(Cl)c(O)c(NC(=O)C2CCCCC2)c1. The van der Waals surface area contributed by atoms with Crippen LogP contribution in [0.4, 0.5) is 16.2 Å². The number of urea groups is 1. The highest BCUT2D eigenvalue weighted by Crippen LogP contribution is 2.36. The van der Waals surface area contributed by atoms with Crippen LogP contribution in [0, 0.1) is 11.3 Å². The van der Waals surface area contributed by atoms with Crippen molar-refractivity contribution < 1.29 is 14.7 Å². The molecule has 0 bridgehead atoms. The van der Waals surface area contributed by atoms with E-state index < -0.39 is 5.54 Å². The van der Waals surface area contributed by atoms with Gasteiger partial charge in [0.1, 0.15) is 0 Å². The molecule has 0 saturated heterocycles. The average Bonchev–Trinajstić information content (AvgIpc) is 2.57. The Morgan fingerprint density at radius 1 is 1.07 bits per heavy atom. The number of hydrogen-bond acceptors (Lipinski definition) is 3. The fourth-order valence-electron chi connectivity index (χ4n) is 4.21. The first-order valence-corrected chi connectivity index (χ1v) is 10.7. The molecular weight excluding hydrogens is 390 g/mol. The lowest BCUT2D eigenvalue weighted by atomic mass is 9.82. The van der Waals surface area contributed by atoms with Crippen molar-refractivity contribution >= 4 is 34.9 Å². The lowest BCUT2D eigenvalue weighted by Crippen LogP contribution is -2.47. The average molecular weight is 424 g/mol. The van der Waals surface area contributed by atoms with Crippen LogP contribution < -0.4 is 16.0 Å². The van der Waals surface area contributed by atoms with E-state index in [0.29, 0.717) is 5.69 Å². The van der Waals surface area contributed by atoms with Gasteiger partial charge in [0.05, 0.1) is 10.7 Å². The van der Waals surface area contributed by atoms with E-state index in [1.165, 1.54) is 12.1 Å². The van der Waals surface area contributed by atoms with Gasteiger partial charge in [-0.25, -0.2) is 4.79 Å². The number of benzene rings is 1. The smallest absolute Gasteiger partial charge is 0.319 e. The Bertz CT molecular complexity index is 750. The van der Waals surface area contributed by atoms with E-state index in [0.717, 1.165) is 38.5 Å². The zero-order valence-corrected chi connectivity index (χ0v) is 18.9. The van der Waals surface area contributed by atoms with Gasteiger partial charge >= 0.3 is 6.03 Å². The lowest BCUT2D eigenvalue weighted by Gasteiger charge is -2.33. The number of halogens is 1. The van der Waals surface area contributed by atoms with E-state index in [1.54, 1.807) is 0 Å². The zero-order valence-electron chi connectivity index (χ0n) is 18.1. The van der Waals surface area contributed by atoms with Gasteiger partial charge in [-0.15, -0.1) is 0 Å². The van der Waals surface area contributed by atoms with Crippen LogP contribution in [0.2, 0.25) is 5.02 Å². The summed E-state index contributed by atoms with van der Waals surface area (Å²) in [6.45, 7) is 10.3. The molecule has 0 aliphatic heterocycles. The third-order valence-corrected chi connectivity index (χ3v) is 5.27. The molecule has 0 spiro atoms. The third kappa shape index (κ3) is 7.42. The molecule has 1 aromatic carbocycles. The summed E-state index contributed by atoms with van der Waals surface area (Å²) >= 11 is 6.12. The topological polar surface area (TPSA) is 90.5 Å². The summed E-state index contributed by atoms with van der Waals surface area (Å²) in [6.07, 6.45) is 5.73. The molecule has 1 aliphatic rings. The number of phenolic OH excluding ortho intramolecular Hbond substituents is 1. The van der Waals surface area contributed by atoms with Crippen LogP contribution in [0.1, 0.15) is 73.1 Å². The van der Waals surface area contributed by atoms with E-state index >= 15 is 0 Å². The van der Waals surface area contributed by atoms with Crippen molar-refractivity contribution in [3.05, 3.63) is 17.2 Å². The van der Waals surface area contributed by atoms with E-state index in [1.807, 2.05) is 13.8 Å². The van der Waals surface area contributed by atoms with Gasteiger partial charge in [0.2, 0.25) is 5.91 Å². The summed E-state index contributed by atoms with van der Waals surface area (Å²) in [5.41, 5.74) is 0.268. The van der Waals surface area contributed by atoms with Gasteiger partial charge in [-0.3, -0.25) is 4.79 Å². The number of rotatable bonds is 5. The molecule has 1 aliphatic carbocycles. The highest BCUT2D eigenvalue weighted by molar-refractivity contribution is 6.33. The molecule has 0 unspecified atom stereocenters. The Balaban J connectivity index is 2.07. The van der Waals surface area contributed by atoms with Gasteiger partial charge in [0.15, 0.2) is 5.75 Å². The van der Waals surface area contributed by atoms with E-state index in [2.05, 4.69) is 36.7 Å². The zero-order chi connectivity index (χ0) is 21.8. The van der Waals surface area contributed by atoms with Crippen molar-refractivity contribution in [2.75, 3.05) is 10.6 Å². The largest absolute Gasteiger partial charge is 0.504 e. The standard InChI is InChI=1S/C22H34ClN3O3/c1-21(2,3)13-22(4,5)26-20(29)24-15-11-16(23)18(27)17(12-15)25-19(28)14-9-7-6-8-10-14/h11-12,14,27H,6-10,13H2,1-5H3,(H,25,28)(H2,24,26,29). The summed E-state index contributed by atoms with van der Waals surface area (Å²) in [6, 6.07) is 2.62. The summed E-state index contributed by atoms with van der Waals surface area (Å²) in [5, 5.41) is 18.8. The Morgan fingerprint density at radius 2 is 1.69 bits per heavy atom. The fourth-order valence-corrected chi connectivity index (χ4v) is 4.43. The molecule has 7 heteroatoms. The molecule has 0 aromatic heterocycles. The monoisotopic (exact) mass is 423 g/mol. The first-order chi connectivity index (χ1) is 13.4. The number of amides is 3. The number of carbonyl (C=O) groups is 2.